The van der Waals surface area contributed by atoms with Crippen LogP contribution in [-0.2, 0) is 19.5 Å². The van der Waals surface area contributed by atoms with Crippen molar-refractivity contribution in [3.8, 4) is 0 Å². The third-order valence-electron chi connectivity index (χ3n) is 0.663. The zero-order valence-corrected chi connectivity index (χ0v) is 9.00. The van der Waals surface area contributed by atoms with Crippen molar-refractivity contribution in [2.24, 2.45) is 0 Å². The Morgan fingerprint density at radius 1 is 1.75 bits per heavy atom. The Hall–Kier alpha value is 0.473. The SMILES string of the molecule is CCC(=S)N(C)O.[Zn+2]. The Morgan fingerprint density at radius 3 is 2.12 bits per heavy atom. The molecule has 0 aliphatic heterocycles. The van der Waals surface area contributed by atoms with Crippen molar-refractivity contribution in [1.82, 2.24) is 5.06 Å². The van der Waals surface area contributed by atoms with Crippen LogP contribution >= 0.6 is 12.2 Å². The summed E-state index contributed by atoms with van der Waals surface area (Å²) in [6.45, 7) is 1.90. The van der Waals surface area contributed by atoms with Crippen molar-refractivity contribution in [1.29, 1.82) is 0 Å². The molecule has 0 spiro atoms. The molecule has 0 bridgehead atoms. The van der Waals surface area contributed by atoms with Crippen LogP contribution in [0.2, 0.25) is 0 Å². The smallest absolute Gasteiger partial charge is 0.288 e. The normalized spacial score (nSPS) is 7.38. The van der Waals surface area contributed by atoms with Crippen LogP contribution in [0.5, 0.6) is 0 Å². The van der Waals surface area contributed by atoms with Gasteiger partial charge in [-0.3, -0.25) is 10.3 Å². The van der Waals surface area contributed by atoms with E-state index in [2.05, 4.69) is 12.2 Å². The van der Waals surface area contributed by atoms with Gasteiger partial charge in [0.05, 0.1) is 0 Å². The first-order chi connectivity index (χ1) is 3.18. The van der Waals surface area contributed by atoms with Gasteiger partial charge in [0.15, 0.2) is 0 Å². The summed E-state index contributed by atoms with van der Waals surface area (Å²) in [5.41, 5.74) is 0. The van der Waals surface area contributed by atoms with Gasteiger partial charge in [-0.2, -0.15) is 0 Å². The van der Waals surface area contributed by atoms with Gasteiger partial charge in [0, 0.05) is 7.05 Å². The molecule has 0 heterocycles. The molecule has 0 saturated heterocycles. The number of hydroxylamine groups is 2. The minimum Gasteiger partial charge on any atom is -0.288 e. The summed E-state index contributed by atoms with van der Waals surface area (Å²) in [7, 11) is 1.52. The molecule has 0 atom stereocenters. The van der Waals surface area contributed by atoms with Crippen LogP contribution in [0, 0.1) is 0 Å². The van der Waals surface area contributed by atoms with Gasteiger partial charge in [0.1, 0.15) is 4.99 Å². The van der Waals surface area contributed by atoms with Crippen molar-refractivity contribution < 1.29 is 24.7 Å². The van der Waals surface area contributed by atoms with E-state index in [1.165, 1.54) is 7.05 Å². The van der Waals surface area contributed by atoms with Crippen molar-refractivity contribution in [2.75, 3.05) is 7.05 Å². The summed E-state index contributed by atoms with van der Waals surface area (Å²) >= 11 is 4.66. The molecule has 8 heavy (non-hydrogen) atoms. The zero-order valence-electron chi connectivity index (χ0n) is 5.22. The van der Waals surface area contributed by atoms with Crippen LogP contribution in [0.15, 0.2) is 0 Å². The van der Waals surface area contributed by atoms with E-state index in [0.29, 0.717) is 4.99 Å². The number of nitrogens with zero attached hydrogens (tertiary/aromatic N) is 1. The first-order valence-corrected chi connectivity index (χ1v) is 2.54. The van der Waals surface area contributed by atoms with E-state index >= 15 is 0 Å². The van der Waals surface area contributed by atoms with Crippen molar-refractivity contribution in [3.05, 3.63) is 0 Å². The molecule has 0 rings (SSSR count). The van der Waals surface area contributed by atoms with Crippen LogP contribution in [0.25, 0.3) is 0 Å². The summed E-state index contributed by atoms with van der Waals surface area (Å²) in [4.78, 5) is 0.569. The Labute approximate surface area is 67.6 Å². The minimum atomic E-state index is 0. The van der Waals surface area contributed by atoms with Crippen LogP contribution in [0.1, 0.15) is 13.3 Å². The number of thiocarbonyl (C=S) groups is 1. The fraction of sp³-hybridized carbons (Fsp3) is 0.750. The standard InChI is InChI=1S/C4H9NOS.Zn/c1-3-4(7)5(2)6;/h6H,3H2,1-2H3;/q;+2. The van der Waals surface area contributed by atoms with E-state index in [9.17, 15) is 0 Å². The molecule has 0 aliphatic rings. The van der Waals surface area contributed by atoms with Gasteiger partial charge in [-0.05, 0) is 6.42 Å². The van der Waals surface area contributed by atoms with Crippen LogP contribution in [-0.4, -0.2) is 22.3 Å². The van der Waals surface area contributed by atoms with Crippen LogP contribution in [0.3, 0.4) is 0 Å². The molecule has 1 N–H and O–H groups in total. The first kappa shape index (κ1) is 11.3. The summed E-state index contributed by atoms with van der Waals surface area (Å²) < 4.78 is 0. The average molecular weight is 185 g/mol. The molecule has 0 radical (unpaired) electrons. The van der Waals surface area contributed by atoms with Gasteiger partial charge in [-0.25, -0.2) is 0 Å². The largest absolute Gasteiger partial charge is 2.00 e. The molecule has 42 valence electrons. The van der Waals surface area contributed by atoms with E-state index in [1.807, 2.05) is 6.92 Å². The van der Waals surface area contributed by atoms with Gasteiger partial charge in [0.2, 0.25) is 0 Å². The summed E-state index contributed by atoms with van der Waals surface area (Å²) in [6, 6.07) is 0. The number of hydrogen-bond acceptors (Lipinski definition) is 2. The Kier molecular flexibility index (Phi) is 7.92. The fourth-order valence-corrected chi connectivity index (χ4v) is 0.229. The predicted molar refractivity (Wildman–Crippen MR) is 32.4 cm³/mol. The van der Waals surface area contributed by atoms with Gasteiger partial charge in [0.25, 0.3) is 0 Å². The summed E-state index contributed by atoms with van der Waals surface area (Å²) in [5.74, 6) is 0. The molecule has 0 aromatic heterocycles. The molecule has 0 amide bonds. The molecular weight excluding hydrogens is 176 g/mol. The summed E-state index contributed by atoms with van der Waals surface area (Å²) in [6.07, 6.45) is 0.725. The molecule has 0 aromatic carbocycles. The average Bonchev–Trinajstić information content (AvgIpc) is 1.65. The maximum Gasteiger partial charge on any atom is 2.00 e. The molecule has 0 saturated carbocycles. The third-order valence-corrected chi connectivity index (χ3v) is 1.22. The van der Waals surface area contributed by atoms with E-state index < -0.39 is 0 Å². The van der Waals surface area contributed by atoms with Gasteiger partial charge in [-0.1, -0.05) is 19.1 Å². The van der Waals surface area contributed by atoms with E-state index in [-0.39, 0.29) is 19.5 Å². The minimum absolute atomic E-state index is 0. The van der Waals surface area contributed by atoms with Gasteiger partial charge >= 0.3 is 19.5 Å². The first-order valence-electron chi connectivity index (χ1n) is 2.14. The van der Waals surface area contributed by atoms with E-state index in [0.717, 1.165) is 11.5 Å². The van der Waals surface area contributed by atoms with Gasteiger partial charge in [-0.15, -0.1) is 0 Å². The number of rotatable bonds is 1. The Bertz CT molecular complexity index is 76.4. The molecule has 0 unspecified atom stereocenters. The third kappa shape index (κ3) is 4.63. The van der Waals surface area contributed by atoms with E-state index in [4.69, 9.17) is 5.21 Å². The topological polar surface area (TPSA) is 23.5 Å². The quantitative estimate of drug-likeness (QED) is 0.374. The maximum atomic E-state index is 8.51. The maximum absolute atomic E-state index is 8.51. The second kappa shape index (κ2) is 5.61. The van der Waals surface area contributed by atoms with Crippen LogP contribution in [0.4, 0.5) is 0 Å². The van der Waals surface area contributed by atoms with E-state index in [1.54, 1.807) is 0 Å². The number of hydrogen-bond donors (Lipinski definition) is 1. The molecule has 0 aliphatic carbocycles. The summed E-state index contributed by atoms with van der Waals surface area (Å²) in [5, 5.41) is 9.47. The zero-order chi connectivity index (χ0) is 5.86. The van der Waals surface area contributed by atoms with Crippen molar-refractivity contribution >= 4 is 17.2 Å². The predicted octanol–water partition coefficient (Wildman–Crippen LogP) is 1.04. The van der Waals surface area contributed by atoms with Gasteiger partial charge < -0.3 is 0 Å². The van der Waals surface area contributed by atoms with Crippen LogP contribution < -0.4 is 0 Å². The fourth-order valence-electron chi connectivity index (χ4n) is 0.229. The molecule has 2 nitrogen and oxygen atoms in total. The Balaban J connectivity index is 0. The molecular formula is C4H9NOSZn+2. The molecule has 0 fully saturated rings. The van der Waals surface area contributed by atoms with Crippen molar-refractivity contribution in [3.63, 3.8) is 0 Å². The second-order valence-electron chi connectivity index (χ2n) is 1.27. The second-order valence-corrected chi connectivity index (χ2v) is 1.74. The molecule has 0 aromatic rings. The van der Waals surface area contributed by atoms with Crippen molar-refractivity contribution in [2.45, 2.75) is 13.3 Å². The monoisotopic (exact) mass is 183 g/mol. The molecule has 4 heteroatoms. The Morgan fingerprint density at radius 2 is 2.12 bits per heavy atom.